The highest BCUT2D eigenvalue weighted by Gasteiger charge is 2.18. The predicted octanol–water partition coefficient (Wildman–Crippen LogP) is 2.75. The third-order valence-electron chi connectivity index (χ3n) is 2.70. The molecule has 2 aromatic heterocycles. The number of unbranched alkanes of at least 4 members (excludes halogenated alkanes) is 1. The van der Waals surface area contributed by atoms with Gasteiger partial charge < -0.3 is 10.4 Å². The summed E-state index contributed by atoms with van der Waals surface area (Å²) < 4.78 is 0.903. The molecular weight excluding hydrogens is 250 g/mol. The van der Waals surface area contributed by atoms with E-state index in [1.54, 1.807) is 0 Å². The fourth-order valence-electron chi connectivity index (χ4n) is 1.72. The Morgan fingerprint density at radius 2 is 2.39 bits per heavy atom. The average molecular weight is 265 g/mol. The van der Waals surface area contributed by atoms with Gasteiger partial charge in [0.1, 0.15) is 18.2 Å². The maximum atomic E-state index is 11.2. The van der Waals surface area contributed by atoms with Crippen molar-refractivity contribution in [3.63, 3.8) is 0 Å². The second kappa shape index (κ2) is 5.77. The summed E-state index contributed by atoms with van der Waals surface area (Å²) in [6, 6.07) is 1.31. The molecule has 1 unspecified atom stereocenters. The van der Waals surface area contributed by atoms with Crippen LogP contribution >= 0.6 is 11.3 Å². The molecule has 0 aliphatic rings. The van der Waals surface area contributed by atoms with Gasteiger partial charge >= 0.3 is 5.97 Å². The molecular formula is C12H15N3O2S. The van der Waals surface area contributed by atoms with Crippen molar-refractivity contribution in [1.82, 2.24) is 9.97 Å². The van der Waals surface area contributed by atoms with Crippen molar-refractivity contribution in [1.29, 1.82) is 0 Å². The maximum Gasteiger partial charge on any atom is 0.326 e. The zero-order chi connectivity index (χ0) is 13.0. The highest BCUT2D eigenvalue weighted by atomic mass is 32.1. The third-order valence-corrected chi connectivity index (χ3v) is 3.61. The standard InChI is InChI=1S/C12H15N3O2S/c1-2-3-4-9(12(16)17)15-11-10-8(5-6-18-10)13-7-14-11/h5-7,9H,2-4H2,1H3,(H,16,17)(H,13,14,15). The molecule has 2 aromatic rings. The number of nitrogens with zero attached hydrogens (tertiary/aromatic N) is 2. The third kappa shape index (κ3) is 2.76. The van der Waals surface area contributed by atoms with Crippen molar-refractivity contribution in [3.8, 4) is 0 Å². The van der Waals surface area contributed by atoms with Crippen LogP contribution in [0.25, 0.3) is 10.2 Å². The molecule has 6 heteroatoms. The Morgan fingerprint density at radius 1 is 1.56 bits per heavy atom. The molecule has 0 aliphatic heterocycles. The minimum absolute atomic E-state index is 0.592. The highest BCUT2D eigenvalue weighted by Crippen LogP contribution is 2.25. The van der Waals surface area contributed by atoms with E-state index in [2.05, 4.69) is 15.3 Å². The average Bonchev–Trinajstić information content (AvgIpc) is 2.83. The maximum absolute atomic E-state index is 11.2. The first-order valence-electron chi connectivity index (χ1n) is 5.90. The Bertz CT molecular complexity index is 541. The van der Waals surface area contributed by atoms with Gasteiger partial charge in [0, 0.05) is 0 Å². The molecule has 0 aromatic carbocycles. The number of anilines is 1. The Kier molecular flexibility index (Phi) is 4.09. The molecule has 0 saturated heterocycles. The van der Waals surface area contributed by atoms with Crippen molar-refractivity contribution < 1.29 is 9.90 Å². The Balaban J connectivity index is 2.20. The molecule has 0 amide bonds. The van der Waals surface area contributed by atoms with E-state index >= 15 is 0 Å². The van der Waals surface area contributed by atoms with Crippen molar-refractivity contribution in [3.05, 3.63) is 17.8 Å². The zero-order valence-electron chi connectivity index (χ0n) is 10.1. The second-order valence-electron chi connectivity index (χ2n) is 4.03. The van der Waals surface area contributed by atoms with Gasteiger partial charge in [-0.25, -0.2) is 14.8 Å². The number of carboxylic acid groups (broad SMARTS) is 1. The topological polar surface area (TPSA) is 75.1 Å². The van der Waals surface area contributed by atoms with Crippen LogP contribution < -0.4 is 5.32 Å². The molecule has 2 rings (SSSR count). The normalized spacial score (nSPS) is 12.5. The highest BCUT2D eigenvalue weighted by molar-refractivity contribution is 7.17. The van der Waals surface area contributed by atoms with Gasteiger partial charge in [-0.3, -0.25) is 0 Å². The Morgan fingerprint density at radius 3 is 3.11 bits per heavy atom. The molecule has 0 radical (unpaired) electrons. The van der Waals surface area contributed by atoms with E-state index in [0.717, 1.165) is 23.1 Å². The summed E-state index contributed by atoms with van der Waals surface area (Å²) in [6.07, 6.45) is 3.91. The van der Waals surface area contributed by atoms with E-state index in [-0.39, 0.29) is 0 Å². The van der Waals surface area contributed by atoms with E-state index in [0.29, 0.717) is 12.2 Å². The Hall–Kier alpha value is -1.69. The smallest absolute Gasteiger partial charge is 0.326 e. The summed E-state index contributed by atoms with van der Waals surface area (Å²) in [6.45, 7) is 2.04. The first-order valence-corrected chi connectivity index (χ1v) is 6.78. The van der Waals surface area contributed by atoms with Crippen LogP contribution in [0.15, 0.2) is 17.8 Å². The lowest BCUT2D eigenvalue weighted by Gasteiger charge is -2.14. The number of nitrogens with one attached hydrogen (secondary N) is 1. The van der Waals surface area contributed by atoms with Crippen LogP contribution in [0.2, 0.25) is 0 Å². The number of rotatable bonds is 6. The summed E-state index contributed by atoms with van der Waals surface area (Å²) in [4.78, 5) is 19.4. The summed E-state index contributed by atoms with van der Waals surface area (Å²) in [5.41, 5.74) is 0.845. The lowest BCUT2D eigenvalue weighted by molar-refractivity contribution is -0.138. The van der Waals surface area contributed by atoms with Crippen LogP contribution in [0.3, 0.4) is 0 Å². The number of thiophene rings is 1. The van der Waals surface area contributed by atoms with Crippen molar-refractivity contribution in [2.45, 2.75) is 32.2 Å². The minimum Gasteiger partial charge on any atom is -0.480 e. The predicted molar refractivity (Wildman–Crippen MR) is 72.0 cm³/mol. The molecule has 2 N–H and O–H groups in total. The number of carbonyl (C=O) groups is 1. The fraction of sp³-hybridized carbons (Fsp3) is 0.417. The minimum atomic E-state index is -0.841. The molecule has 5 nitrogen and oxygen atoms in total. The van der Waals surface area contributed by atoms with Gasteiger partial charge in [-0.2, -0.15) is 0 Å². The summed E-state index contributed by atoms with van der Waals surface area (Å²) in [7, 11) is 0. The molecule has 2 heterocycles. The van der Waals surface area contributed by atoms with Crippen LogP contribution in [0, 0.1) is 0 Å². The number of aromatic nitrogens is 2. The van der Waals surface area contributed by atoms with Crippen molar-refractivity contribution in [2.75, 3.05) is 5.32 Å². The first kappa shape index (κ1) is 12.8. The van der Waals surface area contributed by atoms with E-state index in [4.69, 9.17) is 0 Å². The Labute approximate surface area is 109 Å². The first-order chi connectivity index (χ1) is 8.72. The number of hydrogen-bond donors (Lipinski definition) is 2. The van der Waals surface area contributed by atoms with E-state index in [1.165, 1.54) is 17.7 Å². The molecule has 96 valence electrons. The molecule has 0 spiro atoms. The van der Waals surface area contributed by atoms with Gasteiger partial charge in [-0.05, 0) is 17.9 Å². The summed E-state index contributed by atoms with van der Waals surface area (Å²) in [5, 5.41) is 14.1. The van der Waals surface area contributed by atoms with Gasteiger partial charge in [-0.15, -0.1) is 11.3 Å². The van der Waals surface area contributed by atoms with Gasteiger partial charge in [0.25, 0.3) is 0 Å². The van der Waals surface area contributed by atoms with E-state index < -0.39 is 12.0 Å². The van der Waals surface area contributed by atoms with E-state index in [9.17, 15) is 9.90 Å². The van der Waals surface area contributed by atoms with Gasteiger partial charge in [0.05, 0.1) is 10.2 Å². The number of carboxylic acids is 1. The number of fused-ring (bicyclic) bond motifs is 1. The molecule has 0 saturated carbocycles. The van der Waals surface area contributed by atoms with Gasteiger partial charge in [-0.1, -0.05) is 19.8 Å². The molecule has 0 fully saturated rings. The lowest BCUT2D eigenvalue weighted by Crippen LogP contribution is -2.29. The monoisotopic (exact) mass is 265 g/mol. The molecule has 0 aliphatic carbocycles. The molecule has 0 bridgehead atoms. The van der Waals surface area contributed by atoms with Crippen molar-refractivity contribution in [2.24, 2.45) is 0 Å². The van der Waals surface area contributed by atoms with Gasteiger partial charge in [0.2, 0.25) is 0 Å². The van der Waals surface area contributed by atoms with E-state index in [1.807, 2.05) is 18.4 Å². The molecule has 18 heavy (non-hydrogen) atoms. The van der Waals surface area contributed by atoms with Crippen molar-refractivity contribution >= 4 is 33.3 Å². The van der Waals surface area contributed by atoms with Crippen LogP contribution in [0.5, 0.6) is 0 Å². The second-order valence-corrected chi connectivity index (χ2v) is 4.95. The number of hydrogen-bond acceptors (Lipinski definition) is 5. The SMILES string of the molecule is CCCCC(Nc1ncnc2ccsc12)C(=O)O. The summed E-state index contributed by atoms with van der Waals surface area (Å²) in [5.74, 6) is -0.231. The lowest BCUT2D eigenvalue weighted by atomic mass is 10.1. The largest absolute Gasteiger partial charge is 0.480 e. The quantitative estimate of drug-likeness (QED) is 0.840. The summed E-state index contributed by atoms with van der Waals surface area (Å²) >= 11 is 1.51. The number of aliphatic carboxylic acids is 1. The van der Waals surface area contributed by atoms with Crippen LogP contribution in [-0.2, 0) is 4.79 Å². The molecule has 1 atom stereocenters. The zero-order valence-corrected chi connectivity index (χ0v) is 10.9. The van der Waals surface area contributed by atoms with Crippen LogP contribution in [-0.4, -0.2) is 27.1 Å². The van der Waals surface area contributed by atoms with Gasteiger partial charge in [0.15, 0.2) is 0 Å². The van der Waals surface area contributed by atoms with Crippen LogP contribution in [0.1, 0.15) is 26.2 Å². The van der Waals surface area contributed by atoms with Crippen LogP contribution in [0.4, 0.5) is 5.82 Å². The fourth-order valence-corrected chi connectivity index (χ4v) is 2.52.